The first kappa shape index (κ1) is 18.7. The number of aryl methyl sites for hydroxylation is 1. The van der Waals surface area contributed by atoms with Crippen molar-refractivity contribution in [1.82, 2.24) is 4.57 Å². The molecule has 1 heterocycles. The minimum absolute atomic E-state index is 0.138. The lowest BCUT2D eigenvalue weighted by Crippen LogP contribution is -2.29. The summed E-state index contributed by atoms with van der Waals surface area (Å²) in [6.45, 7) is 2.44. The van der Waals surface area contributed by atoms with E-state index in [1.165, 1.54) is 0 Å². The van der Waals surface area contributed by atoms with Crippen LogP contribution in [0.5, 0.6) is 0 Å². The molecular weight excluding hydrogens is 360 g/mol. The van der Waals surface area contributed by atoms with E-state index in [1.807, 2.05) is 61.5 Å². The van der Waals surface area contributed by atoms with E-state index in [0.29, 0.717) is 6.54 Å². The van der Waals surface area contributed by atoms with Crippen LogP contribution >= 0.6 is 0 Å². The highest BCUT2D eigenvalue weighted by Gasteiger charge is 2.14. The minimum Gasteiger partial charge on any atom is -0.322 e. The molecule has 0 aliphatic rings. The predicted molar refractivity (Wildman–Crippen MR) is 118 cm³/mol. The van der Waals surface area contributed by atoms with Gasteiger partial charge in [-0.05, 0) is 46.5 Å². The molecule has 0 aliphatic carbocycles. The lowest BCUT2D eigenvalue weighted by atomic mass is 10.0. The zero-order valence-corrected chi connectivity index (χ0v) is 16.3. The number of hydrogen-bond donors (Lipinski definition) is 1. The summed E-state index contributed by atoms with van der Waals surface area (Å²) in [5.74, 6) is -0.386. The molecule has 0 unspecified atom stereocenters. The smallest absolute Gasteiger partial charge is 0.263 e. The Morgan fingerprint density at radius 3 is 2.45 bits per heavy atom. The summed E-state index contributed by atoms with van der Waals surface area (Å²) in [4.78, 5) is 25.8. The first-order chi connectivity index (χ1) is 14.2. The van der Waals surface area contributed by atoms with Gasteiger partial charge in [-0.3, -0.25) is 9.59 Å². The van der Waals surface area contributed by atoms with Crippen molar-refractivity contribution in [2.45, 2.75) is 19.9 Å². The molecule has 4 nitrogen and oxygen atoms in total. The first-order valence-electron chi connectivity index (χ1n) is 9.72. The molecule has 1 amide bonds. The predicted octanol–water partition coefficient (Wildman–Crippen LogP) is 4.86. The van der Waals surface area contributed by atoms with E-state index >= 15 is 0 Å². The van der Waals surface area contributed by atoms with Gasteiger partial charge in [-0.25, -0.2) is 0 Å². The Labute approximate surface area is 169 Å². The maximum Gasteiger partial charge on any atom is 0.263 e. The molecule has 0 bridgehead atoms. The summed E-state index contributed by atoms with van der Waals surface area (Å²) in [6, 6.07) is 25.1. The van der Waals surface area contributed by atoms with Gasteiger partial charge in [-0.1, -0.05) is 67.6 Å². The van der Waals surface area contributed by atoms with Crippen molar-refractivity contribution in [3.05, 3.63) is 112 Å². The van der Waals surface area contributed by atoms with Crippen molar-refractivity contribution in [2.75, 3.05) is 5.32 Å². The number of nitrogens with zero attached hydrogens (tertiary/aromatic N) is 1. The van der Waals surface area contributed by atoms with Crippen molar-refractivity contribution < 1.29 is 4.79 Å². The molecule has 0 spiro atoms. The number of benzene rings is 3. The van der Waals surface area contributed by atoms with Gasteiger partial charge < -0.3 is 9.88 Å². The van der Waals surface area contributed by atoms with Crippen molar-refractivity contribution in [1.29, 1.82) is 0 Å². The molecule has 1 aromatic heterocycles. The van der Waals surface area contributed by atoms with Crippen LogP contribution in [0.4, 0.5) is 5.69 Å². The Hall–Kier alpha value is -3.66. The van der Waals surface area contributed by atoms with Crippen LogP contribution in [-0.2, 0) is 13.0 Å². The van der Waals surface area contributed by atoms with E-state index in [9.17, 15) is 9.59 Å². The first-order valence-corrected chi connectivity index (χ1v) is 9.72. The van der Waals surface area contributed by atoms with Crippen LogP contribution < -0.4 is 10.9 Å². The van der Waals surface area contributed by atoms with Crippen molar-refractivity contribution in [3.63, 3.8) is 0 Å². The van der Waals surface area contributed by atoms with Crippen molar-refractivity contribution in [3.8, 4) is 0 Å². The lowest BCUT2D eigenvalue weighted by Gasteiger charge is -2.12. The minimum atomic E-state index is -0.386. The SMILES string of the molecule is CCc1ccccc1NC(=O)c1cccn(Cc2cccc3ccccc23)c1=O. The van der Waals surface area contributed by atoms with Crippen LogP contribution in [0.25, 0.3) is 10.8 Å². The maximum atomic E-state index is 13.0. The second kappa shape index (κ2) is 8.15. The number of rotatable bonds is 5. The largest absolute Gasteiger partial charge is 0.322 e. The third-order valence-corrected chi connectivity index (χ3v) is 5.13. The highest BCUT2D eigenvalue weighted by molar-refractivity contribution is 6.04. The van der Waals surface area contributed by atoms with Gasteiger partial charge in [-0.2, -0.15) is 0 Å². The van der Waals surface area contributed by atoms with Gasteiger partial charge in [-0.15, -0.1) is 0 Å². The molecular formula is C25H22N2O2. The molecule has 144 valence electrons. The number of aromatic nitrogens is 1. The quantitative estimate of drug-likeness (QED) is 0.536. The lowest BCUT2D eigenvalue weighted by molar-refractivity contribution is 0.102. The average Bonchev–Trinajstić information content (AvgIpc) is 2.75. The number of pyridine rings is 1. The van der Waals surface area contributed by atoms with Crippen LogP contribution in [0.2, 0.25) is 0 Å². The Balaban J connectivity index is 1.65. The highest BCUT2D eigenvalue weighted by Crippen LogP contribution is 2.19. The summed E-state index contributed by atoms with van der Waals surface area (Å²) in [7, 11) is 0. The summed E-state index contributed by atoms with van der Waals surface area (Å²) in [6.07, 6.45) is 2.53. The third-order valence-electron chi connectivity index (χ3n) is 5.13. The number of fused-ring (bicyclic) bond motifs is 1. The molecule has 0 radical (unpaired) electrons. The molecule has 0 aliphatic heterocycles. The van der Waals surface area contributed by atoms with Crippen LogP contribution in [0.3, 0.4) is 0 Å². The number of carbonyl (C=O) groups excluding carboxylic acids is 1. The Morgan fingerprint density at radius 1 is 0.862 bits per heavy atom. The molecule has 0 saturated carbocycles. The zero-order chi connectivity index (χ0) is 20.2. The average molecular weight is 382 g/mol. The summed E-state index contributed by atoms with van der Waals surface area (Å²) >= 11 is 0. The highest BCUT2D eigenvalue weighted by atomic mass is 16.2. The van der Waals surface area contributed by atoms with E-state index in [-0.39, 0.29) is 17.0 Å². The molecule has 4 aromatic rings. The summed E-state index contributed by atoms with van der Waals surface area (Å²) in [5.41, 5.74) is 2.65. The molecule has 0 saturated heterocycles. The van der Waals surface area contributed by atoms with Gasteiger partial charge >= 0.3 is 0 Å². The van der Waals surface area contributed by atoms with Gasteiger partial charge in [0.05, 0.1) is 6.54 Å². The number of anilines is 1. The second-order valence-corrected chi connectivity index (χ2v) is 6.96. The van der Waals surface area contributed by atoms with Gasteiger partial charge in [0.15, 0.2) is 0 Å². The Bertz CT molecular complexity index is 1240. The third kappa shape index (κ3) is 3.83. The maximum absolute atomic E-state index is 13.0. The summed E-state index contributed by atoms with van der Waals surface area (Å²) in [5, 5.41) is 5.12. The molecule has 0 atom stereocenters. The van der Waals surface area contributed by atoms with E-state index in [4.69, 9.17) is 0 Å². The van der Waals surface area contributed by atoms with Gasteiger partial charge in [0, 0.05) is 11.9 Å². The Kier molecular flexibility index (Phi) is 5.25. The van der Waals surface area contributed by atoms with Gasteiger partial charge in [0.25, 0.3) is 11.5 Å². The second-order valence-electron chi connectivity index (χ2n) is 6.96. The van der Waals surface area contributed by atoms with E-state index < -0.39 is 0 Å². The molecule has 4 heteroatoms. The van der Waals surface area contributed by atoms with Crippen molar-refractivity contribution >= 4 is 22.4 Å². The molecule has 29 heavy (non-hydrogen) atoms. The molecule has 1 N–H and O–H groups in total. The number of nitrogens with one attached hydrogen (secondary N) is 1. The standard InChI is InChI=1S/C25H22N2O2/c1-2-18-9-4-6-15-23(18)26-24(28)22-14-8-16-27(25(22)29)17-20-12-7-11-19-10-3-5-13-21(19)20/h3-16H,2,17H2,1H3,(H,26,28). The fraction of sp³-hybridized carbons (Fsp3) is 0.120. The normalized spacial score (nSPS) is 10.8. The topological polar surface area (TPSA) is 51.1 Å². The van der Waals surface area contributed by atoms with Crippen LogP contribution in [0, 0.1) is 0 Å². The number of amides is 1. The molecule has 4 rings (SSSR count). The number of carbonyl (C=O) groups is 1. The van der Waals surface area contributed by atoms with E-state index in [2.05, 4.69) is 17.4 Å². The van der Waals surface area contributed by atoms with Gasteiger partial charge in [0.1, 0.15) is 5.56 Å². The van der Waals surface area contributed by atoms with Crippen LogP contribution in [0.15, 0.2) is 89.9 Å². The fourth-order valence-corrected chi connectivity index (χ4v) is 3.59. The Morgan fingerprint density at radius 2 is 1.59 bits per heavy atom. The van der Waals surface area contributed by atoms with Crippen molar-refractivity contribution in [2.24, 2.45) is 0 Å². The van der Waals surface area contributed by atoms with Crippen LogP contribution in [0.1, 0.15) is 28.4 Å². The van der Waals surface area contributed by atoms with Crippen LogP contribution in [-0.4, -0.2) is 10.5 Å². The molecule has 0 fully saturated rings. The molecule has 3 aromatic carbocycles. The van der Waals surface area contributed by atoms with E-state index in [1.54, 1.807) is 22.9 Å². The monoisotopic (exact) mass is 382 g/mol. The number of hydrogen-bond acceptors (Lipinski definition) is 2. The fourth-order valence-electron chi connectivity index (χ4n) is 3.59. The number of para-hydroxylation sites is 1. The summed E-state index contributed by atoms with van der Waals surface area (Å²) < 4.78 is 1.59. The van der Waals surface area contributed by atoms with Gasteiger partial charge in [0.2, 0.25) is 0 Å². The zero-order valence-electron chi connectivity index (χ0n) is 16.3. The van der Waals surface area contributed by atoms with E-state index in [0.717, 1.165) is 34.0 Å².